The summed E-state index contributed by atoms with van der Waals surface area (Å²) in [7, 11) is 0. The summed E-state index contributed by atoms with van der Waals surface area (Å²) in [5, 5.41) is 12.8. The van der Waals surface area contributed by atoms with Crippen LogP contribution in [0.1, 0.15) is 12.8 Å². The van der Waals surface area contributed by atoms with Gasteiger partial charge in [0.05, 0.1) is 0 Å². The zero-order valence-electron chi connectivity index (χ0n) is 11.9. The molecule has 4 nitrogen and oxygen atoms in total. The van der Waals surface area contributed by atoms with Gasteiger partial charge in [-0.1, -0.05) is 11.6 Å². The van der Waals surface area contributed by atoms with Crippen LogP contribution in [0.25, 0.3) is 0 Å². The average Bonchev–Trinajstić information content (AvgIpc) is 2.53. The zero-order valence-corrected chi connectivity index (χ0v) is 13.5. The minimum Gasteiger partial charge on any atom is -0.396 e. The standard InChI is InChI=1S/C15H21ClN2O2S/c16-13-3-5-14(6-4-13)21-9-7-17-15(20)18-8-1-2-12(10-18)11-19/h3-6,12,19H,1-2,7-11H2,(H,17,20). The summed E-state index contributed by atoms with van der Waals surface area (Å²) in [6.07, 6.45) is 1.98. The molecule has 1 aromatic rings. The van der Waals surface area contributed by atoms with Crippen molar-refractivity contribution in [2.24, 2.45) is 5.92 Å². The van der Waals surface area contributed by atoms with E-state index < -0.39 is 0 Å². The van der Waals surface area contributed by atoms with Gasteiger partial charge in [-0.05, 0) is 43.0 Å². The van der Waals surface area contributed by atoms with Crippen molar-refractivity contribution in [1.29, 1.82) is 0 Å². The van der Waals surface area contributed by atoms with Gasteiger partial charge in [-0.2, -0.15) is 0 Å². The molecule has 1 heterocycles. The van der Waals surface area contributed by atoms with Gasteiger partial charge in [0, 0.05) is 41.9 Å². The van der Waals surface area contributed by atoms with Gasteiger partial charge in [-0.15, -0.1) is 11.8 Å². The molecule has 1 saturated heterocycles. The molecule has 2 amide bonds. The highest BCUT2D eigenvalue weighted by Gasteiger charge is 2.22. The van der Waals surface area contributed by atoms with Crippen molar-refractivity contribution in [3.05, 3.63) is 29.3 Å². The molecule has 1 aliphatic heterocycles. The number of aliphatic hydroxyl groups is 1. The first-order valence-electron chi connectivity index (χ1n) is 7.21. The van der Waals surface area contributed by atoms with Crippen molar-refractivity contribution in [1.82, 2.24) is 10.2 Å². The molecule has 0 spiro atoms. The van der Waals surface area contributed by atoms with E-state index in [9.17, 15) is 9.90 Å². The quantitative estimate of drug-likeness (QED) is 0.645. The second-order valence-corrected chi connectivity index (χ2v) is 6.78. The second kappa shape index (κ2) is 8.51. The Labute approximate surface area is 134 Å². The number of rotatable bonds is 5. The van der Waals surface area contributed by atoms with Gasteiger partial charge in [0.1, 0.15) is 0 Å². The first kappa shape index (κ1) is 16.5. The molecule has 0 radical (unpaired) electrons. The molecule has 0 bridgehead atoms. The number of carbonyl (C=O) groups is 1. The first-order valence-corrected chi connectivity index (χ1v) is 8.57. The van der Waals surface area contributed by atoms with Gasteiger partial charge >= 0.3 is 6.03 Å². The molecule has 2 N–H and O–H groups in total. The number of benzene rings is 1. The van der Waals surface area contributed by atoms with Crippen molar-refractivity contribution >= 4 is 29.4 Å². The number of likely N-dealkylation sites (tertiary alicyclic amines) is 1. The normalized spacial score (nSPS) is 18.6. The van der Waals surface area contributed by atoms with Gasteiger partial charge in [-0.25, -0.2) is 4.79 Å². The van der Waals surface area contributed by atoms with Crippen LogP contribution in [0.4, 0.5) is 4.79 Å². The number of amides is 2. The van der Waals surface area contributed by atoms with Gasteiger partial charge < -0.3 is 15.3 Å². The number of halogens is 1. The minimum atomic E-state index is -0.0233. The number of aliphatic hydroxyl groups excluding tert-OH is 1. The topological polar surface area (TPSA) is 52.6 Å². The van der Waals surface area contributed by atoms with E-state index >= 15 is 0 Å². The summed E-state index contributed by atoms with van der Waals surface area (Å²) >= 11 is 7.53. The van der Waals surface area contributed by atoms with E-state index in [1.807, 2.05) is 24.3 Å². The summed E-state index contributed by atoms with van der Waals surface area (Å²) in [5.41, 5.74) is 0. The smallest absolute Gasteiger partial charge is 0.317 e. The van der Waals surface area contributed by atoms with E-state index in [2.05, 4.69) is 5.32 Å². The summed E-state index contributed by atoms with van der Waals surface area (Å²) in [6.45, 7) is 2.24. The lowest BCUT2D eigenvalue weighted by molar-refractivity contribution is 0.130. The number of nitrogens with one attached hydrogen (secondary N) is 1. The molecule has 6 heteroatoms. The predicted molar refractivity (Wildman–Crippen MR) is 87.0 cm³/mol. The SMILES string of the molecule is O=C(NCCSc1ccc(Cl)cc1)N1CCCC(CO)C1. The summed E-state index contributed by atoms with van der Waals surface area (Å²) in [6, 6.07) is 7.66. The van der Waals surface area contributed by atoms with E-state index in [1.54, 1.807) is 16.7 Å². The molecule has 1 aliphatic rings. The summed E-state index contributed by atoms with van der Waals surface area (Å²) in [4.78, 5) is 15.0. The van der Waals surface area contributed by atoms with Crippen LogP contribution in [0.3, 0.4) is 0 Å². The number of thioether (sulfide) groups is 1. The lowest BCUT2D eigenvalue weighted by Crippen LogP contribution is -2.46. The molecular weight excluding hydrogens is 308 g/mol. The minimum absolute atomic E-state index is 0.0233. The van der Waals surface area contributed by atoms with E-state index in [0.29, 0.717) is 13.1 Å². The maximum atomic E-state index is 12.0. The highest BCUT2D eigenvalue weighted by Crippen LogP contribution is 2.20. The van der Waals surface area contributed by atoms with E-state index in [-0.39, 0.29) is 18.6 Å². The highest BCUT2D eigenvalue weighted by molar-refractivity contribution is 7.99. The average molecular weight is 329 g/mol. The summed E-state index contributed by atoms with van der Waals surface area (Å²) < 4.78 is 0. The fourth-order valence-electron chi connectivity index (χ4n) is 2.37. The molecule has 0 aromatic heterocycles. The van der Waals surface area contributed by atoms with E-state index in [4.69, 9.17) is 11.6 Å². The molecule has 0 saturated carbocycles. The lowest BCUT2D eigenvalue weighted by atomic mass is 9.99. The number of urea groups is 1. The molecule has 1 unspecified atom stereocenters. The fourth-order valence-corrected chi connectivity index (χ4v) is 3.26. The Bertz CT molecular complexity index is 455. The monoisotopic (exact) mass is 328 g/mol. The third-order valence-electron chi connectivity index (χ3n) is 3.53. The zero-order chi connectivity index (χ0) is 15.1. The second-order valence-electron chi connectivity index (χ2n) is 5.17. The van der Waals surface area contributed by atoms with Crippen LogP contribution in [0.2, 0.25) is 5.02 Å². The van der Waals surface area contributed by atoms with Crippen LogP contribution < -0.4 is 5.32 Å². The van der Waals surface area contributed by atoms with Crippen LogP contribution in [0, 0.1) is 5.92 Å². The summed E-state index contributed by atoms with van der Waals surface area (Å²) in [5.74, 6) is 1.05. The number of hydrogen-bond acceptors (Lipinski definition) is 3. The maximum absolute atomic E-state index is 12.0. The van der Waals surface area contributed by atoms with E-state index in [1.165, 1.54) is 0 Å². The number of carbonyl (C=O) groups excluding carboxylic acids is 1. The van der Waals surface area contributed by atoms with Crippen molar-refractivity contribution in [3.63, 3.8) is 0 Å². The third-order valence-corrected chi connectivity index (χ3v) is 4.79. The third kappa shape index (κ3) is 5.41. The van der Waals surface area contributed by atoms with Crippen LogP contribution in [0.15, 0.2) is 29.2 Å². The molecule has 2 rings (SSSR count). The largest absolute Gasteiger partial charge is 0.396 e. The maximum Gasteiger partial charge on any atom is 0.317 e. The van der Waals surface area contributed by atoms with Gasteiger partial charge in [-0.3, -0.25) is 0 Å². The lowest BCUT2D eigenvalue weighted by Gasteiger charge is -2.31. The van der Waals surface area contributed by atoms with Crippen molar-refractivity contribution in [3.8, 4) is 0 Å². The molecule has 0 aliphatic carbocycles. The van der Waals surface area contributed by atoms with Crippen molar-refractivity contribution in [2.45, 2.75) is 17.7 Å². The number of nitrogens with zero attached hydrogens (tertiary/aromatic N) is 1. The fraction of sp³-hybridized carbons (Fsp3) is 0.533. The van der Waals surface area contributed by atoms with Crippen LogP contribution >= 0.6 is 23.4 Å². The highest BCUT2D eigenvalue weighted by atomic mass is 35.5. The molecule has 1 aromatic carbocycles. The van der Waals surface area contributed by atoms with Gasteiger partial charge in [0.25, 0.3) is 0 Å². The molecule has 1 fully saturated rings. The molecule has 1 atom stereocenters. The molecule has 21 heavy (non-hydrogen) atoms. The Morgan fingerprint density at radius 1 is 1.43 bits per heavy atom. The van der Waals surface area contributed by atoms with Crippen molar-refractivity contribution in [2.75, 3.05) is 32.0 Å². The van der Waals surface area contributed by atoms with Crippen LogP contribution in [-0.2, 0) is 0 Å². The molecular formula is C15H21ClN2O2S. The predicted octanol–water partition coefficient (Wildman–Crippen LogP) is 2.85. The van der Waals surface area contributed by atoms with Gasteiger partial charge in [0.2, 0.25) is 0 Å². The number of piperidine rings is 1. The Hall–Kier alpha value is -0.910. The van der Waals surface area contributed by atoms with Crippen LogP contribution in [-0.4, -0.2) is 48.0 Å². The Balaban J connectivity index is 1.66. The van der Waals surface area contributed by atoms with E-state index in [0.717, 1.165) is 35.1 Å². The van der Waals surface area contributed by atoms with Crippen molar-refractivity contribution < 1.29 is 9.90 Å². The Morgan fingerprint density at radius 3 is 2.90 bits per heavy atom. The Morgan fingerprint density at radius 2 is 2.19 bits per heavy atom. The molecule has 116 valence electrons. The number of hydrogen-bond donors (Lipinski definition) is 2. The Kier molecular flexibility index (Phi) is 6.67. The van der Waals surface area contributed by atoms with Crippen LogP contribution in [0.5, 0.6) is 0 Å². The van der Waals surface area contributed by atoms with Gasteiger partial charge in [0.15, 0.2) is 0 Å². The first-order chi connectivity index (χ1) is 10.2.